The van der Waals surface area contributed by atoms with Gasteiger partial charge in [0.15, 0.2) is 0 Å². The van der Waals surface area contributed by atoms with E-state index in [0.717, 1.165) is 68.1 Å². The first-order valence-electron chi connectivity index (χ1n) is 23.8. The average molecular weight is 1030 g/mol. The Balaban J connectivity index is 0.918. The van der Waals surface area contributed by atoms with Crippen LogP contribution in [-0.2, 0) is 38.9 Å². The summed E-state index contributed by atoms with van der Waals surface area (Å²) >= 11 is 1.86. The van der Waals surface area contributed by atoms with Crippen molar-refractivity contribution >= 4 is 40.3 Å². The van der Waals surface area contributed by atoms with Crippen LogP contribution in [0.4, 0.5) is 0 Å². The Kier molecular flexibility index (Phi) is 13.6. The average Bonchev–Trinajstić information content (AvgIpc) is 3.89. The number of rotatable bonds is 14. The van der Waals surface area contributed by atoms with Gasteiger partial charge in [-0.3, -0.25) is 28.7 Å². The van der Waals surface area contributed by atoms with Crippen molar-refractivity contribution in [1.29, 1.82) is 0 Å². The number of carbonyl (C=O) groups is 3. The molecule has 2 heterocycles. The Morgan fingerprint density at radius 3 is 2.06 bits per heavy atom. The van der Waals surface area contributed by atoms with Crippen LogP contribution in [0.2, 0.25) is 0 Å². The molecule has 0 spiro atoms. The SMILES string of the molecule is COc1ccc(C(OC[C@H]2O[C@@H](n3cc(I)c(=O)[nH]c3=O)C[C@@H]2OC(=O)CCC(=O)O[C@H]2CC[C@H]3[C@@H]4CC[C@H]5CC(=O)CC[C@]5(C)[C@H]4CC[C@]23C)(c2ccccc2)c2ccc(OC)cc2)cc1. The Hall–Kier alpha value is -4.80. The van der Waals surface area contributed by atoms with Crippen molar-refractivity contribution in [2.24, 2.45) is 34.5 Å². The van der Waals surface area contributed by atoms with Crippen molar-refractivity contribution < 1.29 is 42.8 Å². The maximum Gasteiger partial charge on any atom is 0.330 e. The van der Waals surface area contributed by atoms with Crippen molar-refractivity contribution in [3.63, 3.8) is 0 Å². The lowest BCUT2D eigenvalue weighted by molar-refractivity contribution is -0.167. The summed E-state index contributed by atoms with van der Waals surface area (Å²) in [6, 6.07) is 25.0. The first-order valence-corrected chi connectivity index (χ1v) is 24.9. The summed E-state index contributed by atoms with van der Waals surface area (Å²) < 4.78 is 38.7. The van der Waals surface area contributed by atoms with Crippen LogP contribution in [-0.4, -0.2) is 66.4 Å². The first-order chi connectivity index (χ1) is 32.2. The summed E-state index contributed by atoms with van der Waals surface area (Å²) in [4.78, 5) is 67.7. The molecular formula is C53H61IN2O11. The Labute approximate surface area is 404 Å². The molecular weight excluding hydrogens is 967 g/mol. The minimum Gasteiger partial charge on any atom is -0.497 e. The second kappa shape index (κ2) is 19.3. The third-order valence-electron chi connectivity index (χ3n) is 16.5. The van der Waals surface area contributed by atoms with Gasteiger partial charge >= 0.3 is 17.6 Å². The van der Waals surface area contributed by atoms with Gasteiger partial charge in [-0.05, 0) is 138 Å². The van der Waals surface area contributed by atoms with Crippen molar-refractivity contribution in [2.75, 3.05) is 20.8 Å². The number of aromatic nitrogens is 2. The number of hydrogen-bond acceptors (Lipinski definition) is 11. The molecule has 4 saturated carbocycles. The van der Waals surface area contributed by atoms with Crippen LogP contribution in [0.3, 0.4) is 0 Å². The molecule has 14 heteroatoms. The molecule has 4 aliphatic carbocycles. The van der Waals surface area contributed by atoms with E-state index in [1.54, 1.807) is 14.2 Å². The lowest BCUT2D eigenvalue weighted by Crippen LogP contribution is -2.54. The number of esters is 2. The molecule has 5 aliphatic rings. The van der Waals surface area contributed by atoms with Crippen molar-refractivity contribution in [1.82, 2.24) is 9.55 Å². The van der Waals surface area contributed by atoms with Gasteiger partial charge in [0.05, 0.1) is 37.2 Å². The van der Waals surface area contributed by atoms with Crippen LogP contribution in [0.25, 0.3) is 0 Å². The number of ketones is 1. The van der Waals surface area contributed by atoms with Crippen LogP contribution in [0.1, 0.15) is 114 Å². The normalized spacial score (nSPS) is 30.1. The van der Waals surface area contributed by atoms with Crippen molar-refractivity contribution in [2.45, 2.75) is 121 Å². The zero-order valence-corrected chi connectivity index (χ0v) is 40.9. The minimum absolute atomic E-state index is 0.0791. The van der Waals surface area contributed by atoms with Crippen molar-refractivity contribution in [3.05, 3.63) is 126 Å². The highest BCUT2D eigenvalue weighted by Gasteiger charge is 2.61. The smallest absolute Gasteiger partial charge is 0.330 e. The molecule has 13 nitrogen and oxygen atoms in total. The summed E-state index contributed by atoms with van der Waals surface area (Å²) in [5.41, 5.74) is 0.0749. The molecule has 10 atom stereocenters. The number of Topliss-reactive ketones (excluding diaryl/α,β-unsaturated/α-hetero) is 1. The summed E-state index contributed by atoms with van der Waals surface area (Å²) in [5.74, 6) is 2.84. The molecule has 0 amide bonds. The van der Waals surface area contributed by atoms with E-state index in [2.05, 4.69) is 18.8 Å². The molecule has 1 aromatic heterocycles. The number of benzene rings is 3. The molecule has 1 saturated heterocycles. The number of nitrogens with zero attached hydrogens (tertiary/aromatic N) is 1. The lowest BCUT2D eigenvalue weighted by Gasteiger charge is -2.60. The number of halogens is 1. The zero-order chi connectivity index (χ0) is 47.1. The lowest BCUT2D eigenvalue weighted by atomic mass is 9.45. The molecule has 9 rings (SSSR count). The molecule has 3 aromatic carbocycles. The zero-order valence-electron chi connectivity index (χ0n) is 38.7. The quantitative estimate of drug-likeness (QED) is 0.0731. The Morgan fingerprint density at radius 2 is 1.40 bits per heavy atom. The summed E-state index contributed by atoms with van der Waals surface area (Å²) in [5, 5.41) is 0. The maximum atomic E-state index is 13.8. The fourth-order valence-electron chi connectivity index (χ4n) is 12.9. The predicted molar refractivity (Wildman–Crippen MR) is 257 cm³/mol. The molecule has 0 unspecified atom stereocenters. The van der Waals surface area contributed by atoms with Gasteiger partial charge in [-0.1, -0.05) is 68.4 Å². The van der Waals surface area contributed by atoms with Gasteiger partial charge in [0.2, 0.25) is 0 Å². The molecule has 67 heavy (non-hydrogen) atoms. The predicted octanol–water partition coefficient (Wildman–Crippen LogP) is 8.67. The van der Waals surface area contributed by atoms with Crippen LogP contribution >= 0.6 is 22.6 Å². The molecule has 4 aromatic rings. The number of ether oxygens (including phenoxy) is 6. The summed E-state index contributed by atoms with van der Waals surface area (Å²) in [7, 11) is 3.21. The van der Waals surface area contributed by atoms with Crippen LogP contribution < -0.4 is 20.7 Å². The first kappa shape index (κ1) is 47.3. The number of hydrogen-bond donors (Lipinski definition) is 1. The maximum absolute atomic E-state index is 13.8. The molecule has 356 valence electrons. The number of fused-ring (bicyclic) bond motifs is 5. The van der Waals surface area contributed by atoms with Gasteiger partial charge < -0.3 is 28.4 Å². The van der Waals surface area contributed by atoms with Gasteiger partial charge in [-0.15, -0.1) is 0 Å². The van der Waals surface area contributed by atoms with E-state index in [-0.39, 0.29) is 46.4 Å². The second-order valence-corrected chi connectivity index (χ2v) is 21.0. The fraction of sp³-hybridized carbons (Fsp3) is 0.528. The van der Waals surface area contributed by atoms with Crippen LogP contribution in [0, 0.1) is 38.1 Å². The van der Waals surface area contributed by atoms with E-state index < -0.39 is 47.2 Å². The van der Waals surface area contributed by atoms with Crippen molar-refractivity contribution in [3.8, 4) is 11.5 Å². The number of methoxy groups -OCH3 is 2. The Morgan fingerprint density at radius 1 is 0.776 bits per heavy atom. The minimum atomic E-state index is -1.22. The molecule has 0 radical (unpaired) electrons. The van der Waals surface area contributed by atoms with E-state index in [1.807, 2.05) is 101 Å². The topological polar surface area (TPSA) is 161 Å². The molecule has 1 aliphatic heterocycles. The van der Waals surface area contributed by atoms with Gasteiger partial charge in [0, 0.05) is 30.9 Å². The van der Waals surface area contributed by atoms with E-state index >= 15 is 0 Å². The number of aromatic amines is 1. The largest absolute Gasteiger partial charge is 0.497 e. The van der Waals surface area contributed by atoms with E-state index in [9.17, 15) is 24.0 Å². The fourth-order valence-corrected chi connectivity index (χ4v) is 13.4. The molecule has 1 N–H and O–H groups in total. The standard InChI is InChI=1S/C53H61IN2O11/c1-51-26-24-36(57)28-35(51)14-19-39-40-20-21-45(52(40,2)27-25-41(39)51)67-48(59)23-22-47(58)66-43-29-46(56-30-42(54)49(60)55-50(56)61)65-44(43)31-64-53(32-8-6-5-7-9-32,33-10-15-37(62-3)16-11-33)34-12-17-38(63-4)18-13-34/h5-13,15-18,30,35,39-41,43-46H,14,19-29,31H2,1-4H3,(H,55,60,61)/t35-,39-,40-,41-,43-,44+,45-,46+,51-,52-/m0/s1. The third kappa shape index (κ3) is 9.02. The molecule has 0 bridgehead atoms. The number of carbonyl (C=O) groups excluding carboxylic acids is 3. The molecule has 5 fully saturated rings. The number of nitrogens with one attached hydrogen (secondary N) is 1. The van der Waals surface area contributed by atoms with Gasteiger partial charge in [0.25, 0.3) is 5.56 Å². The highest BCUT2D eigenvalue weighted by atomic mass is 127. The van der Waals surface area contributed by atoms with Crippen LogP contribution in [0.5, 0.6) is 11.5 Å². The van der Waals surface area contributed by atoms with Gasteiger partial charge in [-0.25, -0.2) is 4.79 Å². The monoisotopic (exact) mass is 1030 g/mol. The van der Waals surface area contributed by atoms with Gasteiger partial charge in [-0.2, -0.15) is 0 Å². The highest BCUT2D eigenvalue weighted by molar-refractivity contribution is 14.1. The van der Waals surface area contributed by atoms with E-state index in [0.29, 0.717) is 47.4 Å². The summed E-state index contributed by atoms with van der Waals surface area (Å²) in [6.07, 6.45) is 6.81. The second-order valence-electron chi connectivity index (χ2n) is 19.9. The van der Waals surface area contributed by atoms with Crippen LogP contribution in [0.15, 0.2) is 94.6 Å². The third-order valence-corrected chi connectivity index (χ3v) is 17.3. The van der Waals surface area contributed by atoms with E-state index in [4.69, 9.17) is 28.4 Å². The van der Waals surface area contributed by atoms with Gasteiger partial charge in [0.1, 0.15) is 47.4 Å². The van der Waals surface area contributed by atoms with E-state index in [1.165, 1.54) is 10.8 Å². The Bertz CT molecular complexity index is 2510. The number of H-pyrrole nitrogens is 1. The highest BCUT2D eigenvalue weighted by Crippen LogP contribution is 2.66. The summed E-state index contributed by atoms with van der Waals surface area (Å²) in [6.45, 7) is 4.64.